The van der Waals surface area contributed by atoms with Crippen LogP contribution in [-0.4, -0.2) is 32.3 Å². The second-order valence-electron chi connectivity index (χ2n) is 5.56. The van der Waals surface area contributed by atoms with E-state index in [0.29, 0.717) is 18.0 Å². The first kappa shape index (κ1) is 14.7. The summed E-state index contributed by atoms with van der Waals surface area (Å²) in [5.74, 6) is 0.543. The molecule has 1 amide bonds. The second kappa shape index (κ2) is 6.61. The number of nitrogens with two attached hydrogens (primary N) is 1. The molecule has 1 heterocycles. The maximum atomic E-state index is 11.8. The van der Waals surface area contributed by atoms with Gasteiger partial charge in [0.05, 0.1) is 0 Å². The zero-order chi connectivity index (χ0) is 14.4. The molecule has 1 aromatic rings. The fraction of sp³-hybridized carbons (Fsp3) is 0.533. The fourth-order valence-electron chi connectivity index (χ4n) is 2.12. The Kier molecular flexibility index (Phi) is 4.84. The van der Waals surface area contributed by atoms with E-state index in [-0.39, 0.29) is 17.9 Å². The van der Waals surface area contributed by atoms with Crippen molar-refractivity contribution in [3.05, 3.63) is 24.3 Å². The first-order valence-corrected chi connectivity index (χ1v) is 6.90. The van der Waals surface area contributed by atoms with Crippen LogP contribution in [0.5, 0.6) is 5.75 Å². The molecule has 1 aliphatic heterocycles. The normalized spacial score (nSPS) is 17.4. The average Bonchev–Trinajstić information content (AvgIpc) is 2.45. The van der Waals surface area contributed by atoms with Gasteiger partial charge in [0.1, 0.15) is 5.75 Å². The highest BCUT2D eigenvalue weighted by molar-refractivity contribution is 5.77. The van der Waals surface area contributed by atoms with Crippen molar-refractivity contribution in [2.24, 2.45) is 5.41 Å². The van der Waals surface area contributed by atoms with Crippen molar-refractivity contribution >= 4 is 11.6 Å². The lowest BCUT2D eigenvalue weighted by atomic mass is 9.82. The number of nitrogens with one attached hydrogen (secondary N) is 1. The predicted molar refractivity (Wildman–Crippen MR) is 77.5 cm³/mol. The van der Waals surface area contributed by atoms with Crippen LogP contribution in [-0.2, 0) is 9.53 Å². The molecule has 0 aliphatic carbocycles. The molecular weight excluding hydrogens is 256 g/mol. The zero-order valence-corrected chi connectivity index (χ0v) is 11.9. The molecule has 0 saturated carbocycles. The number of rotatable bonds is 5. The standard InChI is InChI=1S/C15H22N2O3/c1-15(6-8-19-9-7-15)11-17-14(18)10-20-13-4-2-12(16)3-5-13/h2-5H,6-11,16H2,1H3,(H,17,18). The zero-order valence-electron chi connectivity index (χ0n) is 11.9. The van der Waals surface area contributed by atoms with Crippen LogP contribution in [0.3, 0.4) is 0 Å². The van der Waals surface area contributed by atoms with Gasteiger partial charge in [0, 0.05) is 25.4 Å². The molecule has 0 spiro atoms. The van der Waals surface area contributed by atoms with Gasteiger partial charge in [0.2, 0.25) is 0 Å². The third-order valence-corrected chi connectivity index (χ3v) is 3.66. The molecule has 1 aromatic carbocycles. The maximum Gasteiger partial charge on any atom is 0.257 e. The van der Waals surface area contributed by atoms with Gasteiger partial charge in [-0.3, -0.25) is 4.79 Å². The van der Waals surface area contributed by atoms with Crippen LogP contribution in [0.2, 0.25) is 0 Å². The largest absolute Gasteiger partial charge is 0.484 e. The van der Waals surface area contributed by atoms with Crippen molar-refractivity contribution in [3.63, 3.8) is 0 Å². The summed E-state index contributed by atoms with van der Waals surface area (Å²) in [4.78, 5) is 11.8. The van der Waals surface area contributed by atoms with Crippen molar-refractivity contribution in [2.45, 2.75) is 19.8 Å². The molecule has 1 saturated heterocycles. The highest BCUT2D eigenvalue weighted by atomic mass is 16.5. The monoisotopic (exact) mass is 278 g/mol. The molecule has 5 heteroatoms. The summed E-state index contributed by atoms with van der Waals surface area (Å²) in [6.07, 6.45) is 1.96. The van der Waals surface area contributed by atoms with Crippen molar-refractivity contribution in [1.82, 2.24) is 5.32 Å². The quantitative estimate of drug-likeness (QED) is 0.802. The van der Waals surface area contributed by atoms with E-state index in [1.807, 2.05) is 0 Å². The lowest BCUT2D eigenvalue weighted by molar-refractivity contribution is -0.124. The van der Waals surface area contributed by atoms with Crippen LogP contribution in [0.15, 0.2) is 24.3 Å². The fourth-order valence-corrected chi connectivity index (χ4v) is 2.12. The molecule has 0 aromatic heterocycles. The molecule has 110 valence electrons. The summed E-state index contributed by atoms with van der Waals surface area (Å²) < 4.78 is 10.7. The van der Waals surface area contributed by atoms with Crippen molar-refractivity contribution < 1.29 is 14.3 Å². The van der Waals surface area contributed by atoms with Crippen molar-refractivity contribution in [3.8, 4) is 5.75 Å². The Morgan fingerprint density at radius 2 is 2.00 bits per heavy atom. The lowest BCUT2D eigenvalue weighted by Gasteiger charge is -2.33. The lowest BCUT2D eigenvalue weighted by Crippen LogP contribution is -2.41. The summed E-state index contributed by atoms with van der Waals surface area (Å²) in [7, 11) is 0. The minimum atomic E-state index is -0.102. The van der Waals surface area contributed by atoms with E-state index in [1.54, 1.807) is 24.3 Å². The summed E-state index contributed by atoms with van der Waals surface area (Å²) in [5.41, 5.74) is 6.39. The number of amides is 1. The Morgan fingerprint density at radius 3 is 2.65 bits per heavy atom. The first-order chi connectivity index (χ1) is 9.57. The van der Waals surface area contributed by atoms with Crippen LogP contribution in [0.25, 0.3) is 0 Å². The molecule has 5 nitrogen and oxygen atoms in total. The van der Waals surface area contributed by atoms with Crippen LogP contribution in [0.4, 0.5) is 5.69 Å². The Morgan fingerprint density at radius 1 is 1.35 bits per heavy atom. The third-order valence-electron chi connectivity index (χ3n) is 3.66. The number of hydrogen-bond acceptors (Lipinski definition) is 4. The van der Waals surface area contributed by atoms with E-state index in [4.69, 9.17) is 15.2 Å². The maximum absolute atomic E-state index is 11.8. The van der Waals surface area contributed by atoms with E-state index in [1.165, 1.54) is 0 Å². The van der Waals surface area contributed by atoms with E-state index in [0.717, 1.165) is 26.1 Å². The van der Waals surface area contributed by atoms with E-state index < -0.39 is 0 Å². The van der Waals surface area contributed by atoms with Gasteiger partial charge in [-0.05, 0) is 42.5 Å². The SMILES string of the molecule is CC1(CNC(=O)COc2ccc(N)cc2)CCOCC1. The molecule has 0 unspecified atom stereocenters. The highest BCUT2D eigenvalue weighted by Gasteiger charge is 2.27. The Balaban J connectivity index is 1.71. The molecule has 1 aliphatic rings. The number of hydrogen-bond donors (Lipinski definition) is 2. The minimum Gasteiger partial charge on any atom is -0.484 e. The van der Waals surface area contributed by atoms with Gasteiger partial charge in [-0.2, -0.15) is 0 Å². The highest BCUT2D eigenvalue weighted by Crippen LogP contribution is 2.28. The van der Waals surface area contributed by atoms with Gasteiger partial charge in [-0.1, -0.05) is 6.92 Å². The molecule has 2 rings (SSSR count). The first-order valence-electron chi connectivity index (χ1n) is 6.90. The smallest absolute Gasteiger partial charge is 0.257 e. The van der Waals surface area contributed by atoms with Crippen LogP contribution in [0, 0.1) is 5.41 Å². The Bertz CT molecular complexity index is 439. The van der Waals surface area contributed by atoms with E-state index in [2.05, 4.69) is 12.2 Å². The van der Waals surface area contributed by atoms with Gasteiger partial charge in [0.15, 0.2) is 6.61 Å². The average molecular weight is 278 g/mol. The summed E-state index contributed by atoms with van der Waals surface area (Å²) in [6, 6.07) is 7.00. The summed E-state index contributed by atoms with van der Waals surface area (Å²) in [5, 5.41) is 2.93. The number of anilines is 1. The van der Waals surface area contributed by atoms with Crippen LogP contribution < -0.4 is 15.8 Å². The van der Waals surface area contributed by atoms with Crippen LogP contribution in [0.1, 0.15) is 19.8 Å². The van der Waals surface area contributed by atoms with E-state index >= 15 is 0 Å². The van der Waals surface area contributed by atoms with Gasteiger partial charge in [-0.25, -0.2) is 0 Å². The van der Waals surface area contributed by atoms with Gasteiger partial charge in [0.25, 0.3) is 5.91 Å². The summed E-state index contributed by atoms with van der Waals surface area (Å²) >= 11 is 0. The molecule has 3 N–H and O–H groups in total. The molecule has 0 radical (unpaired) electrons. The van der Waals surface area contributed by atoms with Crippen molar-refractivity contribution in [1.29, 1.82) is 0 Å². The number of benzene rings is 1. The molecule has 0 atom stereocenters. The number of carbonyl (C=O) groups is 1. The Hall–Kier alpha value is -1.75. The number of carbonyl (C=O) groups excluding carboxylic acids is 1. The number of ether oxygens (including phenoxy) is 2. The molecular formula is C15H22N2O3. The number of nitrogen functional groups attached to an aromatic ring is 1. The molecule has 1 fully saturated rings. The van der Waals surface area contributed by atoms with Gasteiger partial charge < -0.3 is 20.5 Å². The minimum absolute atomic E-state index is 0.0243. The topological polar surface area (TPSA) is 73.6 Å². The molecule has 20 heavy (non-hydrogen) atoms. The second-order valence-corrected chi connectivity index (χ2v) is 5.56. The predicted octanol–water partition coefficient (Wildman–Crippen LogP) is 1.58. The van der Waals surface area contributed by atoms with Gasteiger partial charge in [-0.15, -0.1) is 0 Å². The third kappa shape index (κ3) is 4.42. The van der Waals surface area contributed by atoms with Gasteiger partial charge >= 0.3 is 0 Å². The van der Waals surface area contributed by atoms with Crippen molar-refractivity contribution in [2.75, 3.05) is 32.1 Å². The Labute approximate surface area is 119 Å². The van der Waals surface area contributed by atoms with E-state index in [9.17, 15) is 4.79 Å². The molecule has 0 bridgehead atoms. The summed E-state index contributed by atoms with van der Waals surface area (Å²) in [6.45, 7) is 4.41. The van der Waals surface area contributed by atoms with Crippen LogP contribution >= 0.6 is 0 Å².